The van der Waals surface area contributed by atoms with Crippen molar-refractivity contribution in [2.75, 3.05) is 6.61 Å². The lowest BCUT2D eigenvalue weighted by molar-refractivity contribution is -0.142. The number of nitrogens with two attached hydrogens (primary N) is 1. The number of hydrogen-bond donors (Lipinski definition) is 7. The van der Waals surface area contributed by atoms with Crippen molar-refractivity contribution in [3.8, 4) is 0 Å². The number of aliphatic hydroxyl groups is 1. The van der Waals surface area contributed by atoms with Gasteiger partial charge in [0.25, 0.3) is 0 Å². The van der Waals surface area contributed by atoms with Crippen molar-refractivity contribution < 1.29 is 39.3 Å². The molecule has 8 N–H and O–H groups in total. The highest BCUT2D eigenvalue weighted by Crippen LogP contribution is 2.08. The first-order valence-electron chi connectivity index (χ1n) is 10.7. The summed E-state index contributed by atoms with van der Waals surface area (Å²) in [7, 11) is 0. The summed E-state index contributed by atoms with van der Waals surface area (Å²) in [6.45, 7) is 2.76. The van der Waals surface area contributed by atoms with Gasteiger partial charge in [-0.1, -0.05) is 44.2 Å². The van der Waals surface area contributed by atoms with Gasteiger partial charge in [0.15, 0.2) is 0 Å². The standard InChI is InChI=1S/C22H32N4O8/c1-12(2)8-16(22(33)34)25-20(31)15(9-13-6-4-3-5-7-13)24-21(32)17(11-27)26-19(30)14(23)10-18(28)29/h3-7,12,14-17,27H,8-11,23H2,1-2H3,(H,24,32)(H,25,31)(H,26,30)(H,28,29)(H,33,34). The van der Waals surface area contributed by atoms with Crippen LogP contribution in [-0.4, -0.2) is 75.8 Å². The second-order valence-corrected chi connectivity index (χ2v) is 8.23. The summed E-state index contributed by atoms with van der Waals surface area (Å²) in [6, 6.07) is 3.29. The van der Waals surface area contributed by atoms with Gasteiger partial charge in [-0.15, -0.1) is 0 Å². The summed E-state index contributed by atoms with van der Waals surface area (Å²) in [5.74, 6) is -5.21. The van der Waals surface area contributed by atoms with Crippen LogP contribution in [0.25, 0.3) is 0 Å². The highest BCUT2D eigenvalue weighted by molar-refractivity contribution is 5.94. The first-order chi connectivity index (χ1) is 15.9. The van der Waals surface area contributed by atoms with Crippen LogP contribution >= 0.6 is 0 Å². The number of carbonyl (C=O) groups is 5. The average Bonchev–Trinajstić information content (AvgIpc) is 2.75. The van der Waals surface area contributed by atoms with Gasteiger partial charge < -0.3 is 37.0 Å². The summed E-state index contributed by atoms with van der Waals surface area (Å²) >= 11 is 0. The number of nitrogens with one attached hydrogen (secondary N) is 3. The molecule has 0 bridgehead atoms. The minimum atomic E-state index is -1.51. The molecule has 0 radical (unpaired) electrons. The third-order valence-electron chi connectivity index (χ3n) is 4.78. The molecular weight excluding hydrogens is 448 g/mol. The summed E-state index contributed by atoms with van der Waals surface area (Å²) in [5, 5.41) is 34.7. The Balaban J connectivity index is 3.01. The largest absolute Gasteiger partial charge is 0.481 e. The molecule has 0 aliphatic carbocycles. The number of carboxylic acids is 2. The van der Waals surface area contributed by atoms with Crippen LogP contribution in [0, 0.1) is 5.92 Å². The number of carbonyl (C=O) groups excluding carboxylic acids is 3. The van der Waals surface area contributed by atoms with Crippen LogP contribution in [0.3, 0.4) is 0 Å². The van der Waals surface area contributed by atoms with E-state index in [1.165, 1.54) is 0 Å². The van der Waals surface area contributed by atoms with E-state index < -0.39 is 66.9 Å². The Morgan fingerprint density at radius 3 is 1.88 bits per heavy atom. The summed E-state index contributed by atoms with van der Waals surface area (Å²) in [6.07, 6.45) is -0.502. The Hall–Kier alpha value is -3.51. The summed E-state index contributed by atoms with van der Waals surface area (Å²) < 4.78 is 0. The van der Waals surface area contributed by atoms with Crippen molar-refractivity contribution in [1.29, 1.82) is 0 Å². The molecule has 1 aromatic carbocycles. The van der Waals surface area contributed by atoms with E-state index in [1.54, 1.807) is 44.2 Å². The van der Waals surface area contributed by atoms with Crippen LogP contribution < -0.4 is 21.7 Å². The van der Waals surface area contributed by atoms with E-state index in [1.807, 2.05) is 0 Å². The van der Waals surface area contributed by atoms with Gasteiger partial charge in [-0.05, 0) is 17.9 Å². The van der Waals surface area contributed by atoms with Gasteiger partial charge in [0.05, 0.1) is 19.1 Å². The number of aliphatic hydroxyl groups excluding tert-OH is 1. The first kappa shape index (κ1) is 28.5. The van der Waals surface area contributed by atoms with E-state index >= 15 is 0 Å². The van der Waals surface area contributed by atoms with Gasteiger partial charge in [-0.25, -0.2) is 4.79 Å². The molecule has 1 rings (SSSR count). The number of amides is 3. The van der Waals surface area contributed by atoms with Gasteiger partial charge >= 0.3 is 11.9 Å². The Labute approximate surface area is 196 Å². The summed E-state index contributed by atoms with van der Waals surface area (Å²) in [5.41, 5.74) is 6.14. The fourth-order valence-electron chi connectivity index (χ4n) is 3.05. The monoisotopic (exact) mass is 480 g/mol. The molecule has 0 heterocycles. The van der Waals surface area contributed by atoms with Crippen molar-refractivity contribution >= 4 is 29.7 Å². The fraction of sp³-hybridized carbons (Fsp3) is 0.500. The summed E-state index contributed by atoms with van der Waals surface area (Å²) in [4.78, 5) is 60.0. The lowest BCUT2D eigenvalue weighted by atomic mass is 10.0. The molecule has 34 heavy (non-hydrogen) atoms. The molecule has 12 heteroatoms. The number of carboxylic acid groups (broad SMARTS) is 2. The highest BCUT2D eigenvalue weighted by atomic mass is 16.4. The van der Waals surface area contributed by atoms with Crippen LogP contribution in [0.5, 0.6) is 0 Å². The molecule has 0 saturated carbocycles. The predicted molar refractivity (Wildman–Crippen MR) is 120 cm³/mol. The zero-order valence-electron chi connectivity index (χ0n) is 19.1. The van der Waals surface area contributed by atoms with Crippen LogP contribution in [0.15, 0.2) is 30.3 Å². The van der Waals surface area contributed by atoms with Crippen LogP contribution in [-0.2, 0) is 30.4 Å². The van der Waals surface area contributed by atoms with Gasteiger partial charge in [0.2, 0.25) is 17.7 Å². The van der Waals surface area contributed by atoms with E-state index in [9.17, 15) is 34.2 Å². The lowest BCUT2D eigenvalue weighted by Gasteiger charge is -2.25. The maximum atomic E-state index is 12.9. The third kappa shape index (κ3) is 9.96. The lowest BCUT2D eigenvalue weighted by Crippen LogP contribution is -2.58. The molecule has 12 nitrogen and oxygen atoms in total. The highest BCUT2D eigenvalue weighted by Gasteiger charge is 2.30. The second kappa shape index (κ2) is 13.9. The van der Waals surface area contributed by atoms with E-state index in [-0.39, 0.29) is 18.8 Å². The number of benzene rings is 1. The molecule has 0 spiro atoms. The maximum Gasteiger partial charge on any atom is 0.326 e. The molecule has 0 fully saturated rings. The molecule has 0 saturated heterocycles. The van der Waals surface area contributed by atoms with Crippen molar-refractivity contribution in [2.24, 2.45) is 11.7 Å². The molecule has 0 aliphatic rings. The third-order valence-corrected chi connectivity index (χ3v) is 4.78. The second-order valence-electron chi connectivity index (χ2n) is 8.23. The predicted octanol–water partition coefficient (Wildman–Crippen LogP) is -1.39. The maximum absolute atomic E-state index is 12.9. The van der Waals surface area contributed by atoms with Crippen molar-refractivity contribution in [1.82, 2.24) is 16.0 Å². The van der Waals surface area contributed by atoms with Gasteiger partial charge in [0, 0.05) is 6.42 Å². The zero-order valence-corrected chi connectivity index (χ0v) is 19.1. The molecule has 0 aromatic heterocycles. The SMILES string of the molecule is CC(C)CC(NC(=O)C(Cc1ccccc1)NC(=O)C(CO)NC(=O)C(N)CC(=O)O)C(=O)O. The Kier molecular flexibility index (Phi) is 11.7. The van der Waals surface area contributed by atoms with Gasteiger partial charge in [-0.2, -0.15) is 0 Å². The van der Waals surface area contributed by atoms with Gasteiger partial charge in [0.1, 0.15) is 18.1 Å². The minimum Gasteiger partial charge on any atom is -0.481 e. The van der Waals surface area contributed by atoms with Crippen LogP contribution in [0.1, 0.15) is 32.3 Å². The molecule has 3 amide bonds. The number of aliphatic carboxylic acids is 2. The minimum absolute atomic E-state index is 0.0110. The van der Waals surface area contributed by atoms with Crippen molar-refractivity contribution in [2.45, 2.75) is 57.3 Å². The molecule has 0 aliphatic heterocycles. The van der Waals surface area contributed by atoms with E-state index in [0.29, 0.717) is 5.56 Å². The first-order valence-corrected chi connectivity index (χ1v) is 10.7. The smallest absolute Gasteiger partial charge is 0.326 e. The van der Waals surface area contributed by atoms with E-state index in [2.05, 4.69) is 16.0 Å². The normalized spacial score (nSPS) is 14.4. The van der Waals surface area contributed by atoms with Crippen molar-refractivity contribution in [3.05, 3.63) is 35.9 Å². The topological polar surface area (TPSA) is 208 Å². The van der Waals surface area contributed by atoms with Crippen molar-refractivity contribution in [3.63, 3.8) is 0 Å². The number of rotatable bonds is 14. The van der Waals surface area contributed by atoms with E-state index in [4.69, 9.17) is 10.8 Å². The molecule has 188 valence electrons. The molecule has 4 unspecified atom stereocenters. The van der Waals surface area contributed by atoms with Crippen LogP contribution in [0.2, 0.25) is 0 Å². The molecule has 4 atom stereocenters. The quantitative estimate of drug-likeness (QED) is 0.167. The van der Waals surface area contributed by atoms with Gasteiger partial charge in [-0.3, -0.25) is 19.2 Å². The Bertz CT molecular complexity index is 862. The zero-order chi connectivity index (χ0) is 25.8. The number of hydrogen-bond acceptors (Lipinski definition) is 7. The Morgan fingerprint density at radius 2 is 1.38 bits per heavy atom. The van der Waals surface area contributed by atoms with E-state index in [0.717, 1.165) is 0 Å². The fourth-order valence-corrected chi connectivity index (χ4v) is 3.05. The average molecular weight is 481 g/mol. The Morgan fingerprint density at radius 1 is 0.853 bits per heavy atom. The van der Waals surface area contributed by atoms with Crippen LogP contribution in [0.4, 0.5) is 0 Å². The molecular formula is C22H32N4O8. The molecule has 1 aromatic rings.